The van der Waals surface area contributed by atoms with Gasteiger partial charge in [-0.1, -0.05) is 11.6 Å². The number of nitro benzene ring substituents is 2. The van der Waals surface area contributed by atoms with Gasteiger partial charge < -0.3 is 0 Å². The lowest BCUT2D eigenvalue weighted by Crippen LogP contribution is -2.45. The Hall–Kier alpha value is -2.65. The maximum absolute atomic E-state index is 13.4. The number of benzene rings is 1. The lowest BCUT2D eigenvalue weighted by atomic mass is 10.1. The topological polar surface area (TPSA) is 98.6 Å². The number of hydrogen-bond acceptors (Lipinski definition) is 5. The van der Waals surface area contributed by atoms with Gasteiger partial charge in [0.2, 0.25) is 5.69 Å². The molecule has 1 unspecified atom stereocenters. The summed E-state index contributed by atoms with van der Waals surface area (Å²) < 4.78 is 114. The highest BCUT2D eigenvalue weighted by Gasteiger charge is 2.59. The van der Waals surface area contributed by atoms with Gasteiger partial charge >= 0.3 is 29.6 Å². The van der Waals surface area contributed by atoms with E-state index in [-0.39, 0.29) is 12.1 Å². The first kappa shape index (κ1) is 23.4. The standard InChI is InChI=1S/C11H3ClF9N3O4/c12-8(9(14,15)7(13)11(19,20)21)22-6-4(23(25)26)1-3(10(16,17)18)2-5(6)24(27)28/h1-2,7H. The van der Waals surface area contributed by atoms with E-state index in [2.05, 4.69) is 4.99 Å². The van der Waals surface area contributed by atoms with Gasteiger partial charge in [-0.2, -0.15) is 35.1 Å². The van der Waals surface area contributed by atoms with E-state index in [4.69, 9.17) is 11.6 Å². The Balaban J connectivity index is 3.78. The summed E-state index contributed by atoms with van der Waals surface area (Å²) in [5, 5.41) is 19.1. The van der Waals surface area contributed by atoms with Crippen LogP contribution >= 0.6 is 11.6 Å². The van der Waals surface area contributed by atoms with E-state index in [9.17, 15) is 59.7 Å². The van der Waals surface area contributed by atoms with E-state index in [1.54, 1.807) is 0 Å². The largest absolute Gasteiger partial charge is 0.426 e. The average molecular weight is 448 g/mol. The summed E-state index contributed by atoms with van der Waals surface area (Å²) in [7, 11) is 0. The molecule has 0 amide bonds. The van der Waals surface area contributed by atoms with E-state index in [0.717, 1.165) is 0 Å². The van der Waals surface area contributed by atoms with Crippen LogP contribution in [-0.2, 0) is 6.18 Å². The van der Waals surface area contributed by atoms with Gasteiger partial charge in [-0.05, 0) is 0 Å². The van der Waals surface area contributed by atoms with E-state index in [1.165, 1.54) is 0 Å². The zero-order chi connectivity index (χ0) is 22.2. The highest BCUT2D eigenvalue weighted by Crippen LogP contribution is 2.44. The van der Waals surface area contributed by atoms with E-state index in [1.807, 2.05) is 0 Å². The van der Waals surface area contributed by atoms with E-state index >= 15 is 0 Å². The molecule has 7 nitrogen and oxygen atoms in total. The van der Waals surface area contributed by atoms with Gasteiger partial charge in [0.25, 0.3) is 6.17 Å². The van der Waals surface area contributed by atoms with Crippen LogP contribution in [-0.4, -0.2) is 33.3 Å². The molecule has 1 atom stereocenters. The molecule has 0 aliphatic rings. The Kier molecular flexibility index (Phi) is 6.18. The molecule has 17 heteroatoms. The van der Waals surface area contributed by atoms with Crippen molar-refractivity contribution in [1.82, 2.24) is 0 Å². The number of halogens is 10. The monoisotopic (exact) mass is 447 g/mol. The Morgan fingerprint density at radius 2 is 1.36 bits per heavy atom. The van der Waals surface area contributed by atoms with Crippen LogP contribution in [0.1, 0.15) is 5.56 Å². The third-order valence-corrected chi connectivity index (χ3v) is 3.22. The lowest BCUT2D eigenvalue weighted by molar-refractivity contribution is -0.392. The summed E-state index contributed by atoms with van der Waals surface area (Å²) in [6.07, 6.45) is -16.5. The zero-order valence-electron chi connectivity index (χ0n) is 12.5. The molecule has 28 heavy (non-hydrogen) atoms. The maximum atomic E-state index is 13.4. The van der Waals surface area contributed by atoms with Crippen LogP contribution in [0.25, 0.3) is 0 Å². The molecule has 0 aliphatic carbocycles. The van der Waals surface area contributed by atoms with Crippen LogP contribution in [0.3, 0.4) is 0 Å². The average Bonchev–Trinajstić information content (AvgIpc) is 2.51. The fourth-order valence-electron chi connectivity index (χ4n) is 1.64. The predicted octanol–water partition coefficient (Wildman–Crippen LogP) is 5.33. The molecule has 0 bridgehead atoms. The molecule has 0 aromatic heterocycles. The van der Waals surface area contributed by atoms with Gasteiger partial charge in [-0.3, -0.25) is 20.2 Å². The summed E-state index contributed by atoms with van der Waals surface area (Å²) in [6.45, 7) is 0. The highest BCUT2D eigenvalue weighted by atomic mass is 35.5. The minimum atomic E-state index is -6.17. The van der Waals surface area contributed by atoms with Crippen molar-refractivity contribution in [1.29, 1.82) is 0 Å². The van der Waals surface area contributed by atoms with Crippen LogP contribution in [0.2, 0.25) is 0 Å². The van der Waals surface area contributed by atoms with Crippen molar-refractivity contribution >= 4 is 33.8 Å². The Morgan fingerprint density at radius 3 is 1.64 bits per heavy atom. The number of aliphatic imine (C=N–C) groups is 1. The van der Waals surface area contributed by atoms with Gasteiger partial charge in [0.05, 0.1) is 15.4 Å². The fourth-order valence-corrected chi connectivity index (χ4v) is 1.82. The van der Waals surface area contributed by atoms with Crippen molar-refractivity contribution in [3.8, 4) is 0 Å². The van der Waals surface area contributed by atoms with Gasteiger partial charge in [-0.25, -0.2) is 9.38 Å². The zero-order valence-corrected chi connectivity index (χ0v) is 13.2. The van der Waals surface area contributed by atoms with Crippen molar-refractivity contribution in [3.05, 3.63) is 37.9 Å². The number of nitrogens with zero attached hydrogens (tertiary/aromatic N) is 3. The van der Waals surface area contributed by atoms with Crippen molar-refractivity contribution in [2.45, 2.75) is 24.4 Å². The molecule has 1 aromatic carbocycles. The summed E-state index contributed by atoms with van der Waals surface area (Å²) >= 11 is 4.78. The van der Waals surface area contributed by atoms with Crippen molar-refractivity contribution < 1.29 is 49.4 Å². The third-order valence-electron chi connectivity index (χ3n) is 2.88. The maximum Gasteiger partial charge on any atom is 0.426 e. The SMILES string of the molecule is O=[N+]([O-])c1cc(C(F)(F)F)cc([N+](=O)[O-])c1N=C(Cl)C(F)(F)C(F)C(F)(F)F. The molecule has 0 saturated carbocycles. The molecule has 1 aromatic rings. The van der Waals surface area contributed by atoms with Crippen molar-refractivity contribution in [2.24, 2.45) is 4.99 Å². The van der Waals surface area contributed by atoms with Crippen molar-refractivity contribution in [2.75, 3.05) is 0 Å². The molecule has 0 saturated heterocycles. The second-order valence-corrected chi connectivity index (χ2v) is 5.16. The van der Waals surface area contributed by atoms with Crippen LogP contribution in [0, 0.1) is 20.2 Å². The smallest absolute Gasteiger partial charge is 0.258 e. The summed E-state index contributed by atoms with van der Waals surface area (Å²) in [5.41, 5.74) is -7.54. The normalized spacial score (nSPS) is 14.7. The Bertz CT molecular complexity index is 803. The molecule has 156 valence electrons. The Morgan fingerprint density at radius 1 is 0.964 bits per heavy atom. The van der Waals surface area contributed by atoms with Crippen LogP contribution < -0.4 is 0 Å². The van der Waals surface area contributed by atoms with Gasteiger partial charge in [0.15, 0.2) is 5.17 Å². The van der Waals surface area contributed by atoms with E-state index < -0.39 is 62.1 Å². The molecule has 0 spiro atoms. The molecular formula is C11H3ClF9N3O4. The molecule has 0 radical (unpaired) electrons. The molecule has 0 fully saturated rings. The quantitative estimate of drug-likeness (QED) is 0.264. The molecule has 0 aliphatic heterocycles. The van der Waals surface area contributed by atoms with Gasteiger partial charge in [-0.15, -0.1) is 0 Å². The van der Waals surface area contributed by atoms with Crippen LogP contribution in [0.15, 0.2) is 17.1 Å². The second kappa shape index (κ2) is 7.40. The Labute approximate surface area is 151 Å². The molecule has 1 rings (SSSR count). The predicted molar refractivity (Wildman–Crippen MR) is 73.6 cm³/mol. The summed E-state index contributed by atoms with van der Waals surface area (Å²) in [4.78, 5) is 20.7. The minimum Gasteiger partial charge on any atom is -0.258 e. The van der Waals surface area contributed by atoms with Gasteiger partial charge in [0, 0.05) is 12.1 Å². The molecule has 0 N–H and O–H groups in total. The summed E-state index contributed by atoms with van der Waals surface area (Å²) in [5.74, 6) is -5.65. The van der Waals surface area contributed by atoms with Crippen LogP contribution in [0.4, 0.5) is 56.6 Å². The number of hydrogen-bond donors (Lipinski definition) is 0. The second-order valence-electron chi connectivity index (χ2n) is 4.80. The first-order valence-corrected chi connectivity index (χ1v) is 6.65. The van der Waals surface area contributed by atoms with E-state index in [0.29, 0.717) is 0 Å². The molecular weight excluding hydrogens is 445 g/mol. The highest BCUT2D eigenvalue weighted by molar-refractivity contribution is 6.67. The number of alkyl halides is 9. The minimum absolute atomic E-state index is 0.342. The van der Waals surface area contributed by atoms with Crippen molar-refractivity contribution in [3.63, 3.8) is 0 Å². The first-order valence-electron chi connectivity index (χ1n) is 6.28. The summed E-state index contributed by atoms with van der Waals surface area (Å²) in [6, 6.07) is -0.685. The van der Waals surface area contributed by atoms with Gasteiger partial charge in [0.1, 0.15) is 0 Å². The van der Waals surface area contributed by atoms with Crippen LogP contribution in [0.5, 0.6) is 0 Å². The third kappa shape index (κ3) is 4.79. The molecule has 0 heterocycles. The fraction of sp³-hybridized carbons (Fsp3) is 0.364. The first-order chi connectivity index (χ1) is 12.4. The number of rotatable bonds is 5. The lowest BCUT2D eigenvalue weighted by Gasteiger charge is -2.21. The number of nitro groups is 2.